The summed E-state index contributed by atoms with van der Waals surface area (Å²) in [5.74, 6) is 1.21. The fraction of sp³-hybridized carbons (Fsp3) is 0.500. The molecule has 3 rings (SSSR count). The second kappa shape index (κ2) is 5.87. The number of fused-ring (bicyclic) bond motifs is 1. The number of carbonyl (C=O) groups excluding carboxylic acids is 2. The summed E-state index contributed by atoms with van der Waals surface area (Å²) in [6.45, 7) is 2.40. The summed E-state index contributed by atoms with van der Waals surface area (Å²) in [5.41, 5.74) is 0.102. The first-order valence-electron chi connectivity index (χ1n) is 7.55. The Labute approximate surface area is 129 Å². The zero-order valence-corrected chi connectivity index (χ0v) is 12.6. The van der Waals surface area contributed by atoms with Gasteiger partial charge in [0, 0.05) is 13.0 Å². The average Bonchev–Trinajstić information content (AvgIpc) is 2.89. The molecule has 118 valence electrons. The van der Waals surface area contributed by atoms with Gasteiger partial charge in [-0.2, -0.15) is 0 Å². The lowest BCUT2D eigenvalue weighted by Crippen LogP contribution is -2.55. The second-order valence-electron chi connectivity index (χ2n) is 5.96. The third-order valence-electron chi connectivity index (χ3n) is 4.14. The van der Waals surface area contributed by atoms with E-state index in [0.29, 0.717) is 25.1 Å². The zero-order chi connectivity index (χ0) is 15.6. The van der Waals surface area contributed by atoms with Gasteiger partial charge in [0.15, 0.2) is 11.5 Å². The van der Waals surface area contributed by atoms with Crippen molar-refractivity contribution in [3.05, 3.63) is 23.8 Å². The van der Waals surface area contributed by atoms with Gasteiger partial charge in [0.1, 0.15) is 5.54 Å². The molecule has 1 unspecified atom stereocenters. The van der Waals surface area contributed by atoms with Gasteiger partial charge in [-0.05, 0) is 37.5 Å². The molecule has 6 nitrogen and oxygen atoms in total. The van der Waals surface area contributed by atoms with Crippen LogP contribution < -0.4 is 20.1 Å². The van der Waals surface area contributed by atoms with E-state index >= 15 is 0 Å². The Hall–Kier alpha value is -2.24. The van der Waals surface area contributed by atoms with Crippen molar-refractivity contribution >= 4 is 11.8 Å². The van der Waals surface area contributed by atoms with Crippen molar-refractivity contribution in [3.63, 3.8) is 0 Å². The molecular weight excluding hydrogens is 284 g/mol. The second-order valence-corrected chi connectivity index (χ2v) is 5.96. The summed E-state index contributed by atoms with van der Waals surface area (Å²) in [6, 6.07) is 5.58. The van der Waals surface area contributed by atoms with E-state index in [1.807, 2.05) is 18.2 Å². The zero-order valence-electron chi connectivity index (χ0n) is 12.6. The lowest BCUT2D eigenvalue weighted by molar-refractivity contribution is -0.132. The number of ether oxygens (including phenoxy) is 2. The summed E-state index contributed by atoms with van der Waals surface area (Å²) in [5, 5.41) is 5.74. The van der Waals surface area contributed by atoms with Crippen LogP contribution in [0.3, 0.4) is 0 Å². The summed E-state index contributed by atoms with van der Waals surface area (Å²) in [6.07, 6.45) is 2.85. The first-order chi connectivity index (χ1) is 10.6. The Bertz CT molecular complexity index is 602. The maximum Gasteiger partial charge on any atom is 0.245 e. The van der Waals surface area contributed by atoms with Crippen molar-refractivity contribution in [2.75, 3.05) is 6.79 Å². The fourth-order valence-corrected chi connectivity index (χ4v) is 2.80. The molecule has 0 aromatic heterocycles. The van der Waals surface area contributed by atoms with E-state index < -0.39 is 5.54 Å². The van der Waals surface area contributed by atoms with Crippen molar-refractivity contribution < 1.29 is 19.1 Å². The highest BCUT2D eigenvalue weighted by Crippen LogP contribution is 2.32. The van der Waals surface area contributed by atoms with Gasteiger partial charge in [0.05, 0.1) is 0 Å². The Kier molecular flexibility index (Phi) is 3.92. The molecule has 22 heavy (non-hydrogen) atoms. The fourth-order valence-electron chi connectivity index (χ4n) is 2.80. The Morgan fingerprint density at radius 1 is 1.32 bits per heavy atom. The molecule has 1 saturated heterocycles. The minimum absolute atomic E-state index is 0.0572. The molecule has 0 spiro atoms. The highest BCUT2D eigenvalue weighted by molar-refractivity contribution is 5.91. The van der Waals surface area contributed by atoms with Gasteiger partial charge in [0.25, 0.3) is 0 Å². The van der Waals surface area contributed by atoms with Crippen molar-refractivity contribution in [2.45, 2.75) is 44.7 Å². The van der Waals surface area contributed by atoms with Crippen LogP contribution in [0.2, 0.25) is 0 Å². The number of rotatable bonds is 3. The molecule has 2 aliphatic heterocycles. The third kappa shape index (κ3) is 3.00. The molecule has 0 radical (unpaired) electrons. The molecule has 2 N–H and O–H groups in total. The van der Waals surface area contributed by atoms with Crippen LogP contribution in [0.15, 0.2) is 18.2 Å². The lowest BCUT2D eigenvalue weighted by atomic mass is 9.95. The molecule has 6 heteroatoms. The minimum Gasteiger partial charge on any atom is -0.454 e. The smallest absolute Gasteiger partial charge is 0.245 e. The van der Waals surface area contributed by atoms with Crippen LogP contribution in [-0.2, 0) is 16.1 Å². The van der Waals surface area contributed by atoms with Gasteiger partial charge < -0.3 is 20.1 Å². The molecule has 2 amide bonds. The van der Waals surface area contributed by atoms with Crippen LogP contribution in [0.25, 0.3) is 0 Å². The molecule has 1 aromatic rings. The Morgan fingerprint density at radius 3 is 3.00 bits per heavy atom. The normalized spacial score (nSPS) is 23.6. The first kappa shape index (κ1) is 14.7. The predicted molar refractivity (Wildman–Crippen MR) is 79.4 cm³/mol. The summed E-state index contributed by atoms with van der Waals surface area (Å²) in [7, 11) is 0. The van der Waals surface area contributed by atoms with Gasteiger partial charge >= 0.3 is 0 Å². The monoisotopic (exact) mass is 304 g/mol. The summed E-state index contributed by atoms with van der Waals surface area (Å²) >= 11 is 0. The molecule has 1 aromatic carbocycles. The number of amides is 2. The van der Waals surface area contributed by atoms with Crippen LogP contribution in [0.4, 0.5) is 0 Å². The highest BCUT2D eigenvalue weighted by atomic mass is 16.7. The molecular formula is C16H20N2O4. The standard InChI is InChI=1S/C16H20N2O4/c1-16(7-3-2-4-14(19)18-16)15(20)17-9-11-5-6-12-13(8-11)22-10-21-12/h5-6,8H,2-4,7,9-10H2,1H3,(H,17,20)(H,18,19). The molecule has 0 bridgehead atoms. The van der Waals surface area contributed by atoms with Gasteiger partial charge in [-0.1, -0.05) is 12.5 Å². The number of hydrogen-bond acceptors (Lipinski definition) is 4. The molecule has 2 heterocycles. The molecule has 2 aliphatic rings. The van der Waals surface area contributed by atoms with Crippen LogP contribution in [0.5, 0.6) is 11.5 Å². The van der Waals surface area contributed by atoms with Crippen molar-refractivity contribution in [1.82, 2.24) is 10.6 Å². The van der Waals surface area contributed by atoms with Crippen LogP contribution in [0.1, 0.15) is 38.2 Å². The maximum atomic E-state index is 12.4. The van der Waals surface area contributed by atoms with Crippen LogP contribution in [-0.4, -0.2) is 24.1 Å². The van der Waals surface area contributed by atoms with Gasteiger partial charge in [0.2, 0.25) is 18.6 Å². The molecule has 0 aliphatic carbocycles. The van der Waals surface area contributed by atoms with E-state index in [9.17, 15) is 9.59 Å². The Balaban J connectivity index is 1.63. The molecule has 1 atom stereocenters. The highest BCUT2D eigenvalue weighted by Gasteiger charge is 2.35. The molecule has 0 saturated carbocycles. The van der Waals surface area contributed by atoms with E-state index in [-0.39, 0.29) is 18.6 Å². The van der Waals surface area contributed by atoms with Crippen LogP contribution in [0, 0.1) is 0 Å². The number of nitrogens with one attached hydrogen (secondary N) is 2. The van der Waals surface area contributed by atoms with E-state index in [2.05, 4.69) is 10.6 Å². The van der Waals surface area contributed by atoms with Crippen molar-refractivity contribution in [2.24, 2.45) is 0 Å². The predicted octanol–water partition coefficient (Wildman–Crippen LogP) is 1.48. The van der Waals surface area contributed by atoms with Crippen molar-refractivity contribution in [3.8, 4) is 11.5 Å². The third-order valence-corrected chi connectivity index (χ3v) is 4.14. The maximum absolute atomic E-state index is 12.4. The minimum atomic E-state index is -0.829. The van der Waals surface area contributed by atoms with Gasteiger partial charge in [-0.3, -0.25) is 9.59 Å². The summed E-state index contributed by atoms with van der Waals surface area (Å²) < 4.78 is 10.6. The number of hydrogen-bond donors (Lipinski definition) is 2. The largest absolute Gasteiger partial charge is 0.454 e. The first-order valence-corrected chi connectivity index (χ1v) is 7.55. The van der Waals surface area contributed by atoms with E-state index in [0.717, 1.165) is 24.2 Å². The van der Waals surface area contributed by atoms with E-state index in [1.165, 1.54) is 0 Å². The summed E-state index contributed by atoms with van der Waals surface area (Å²) in [4.78, 5) is 24.1. The number of benzene rings is 1. The number of carbonyl (C=O) groups is 2. The lowest BCUT2D eigenvalue weighted by Gasteiger charge is -2.27. The quantitative estimate of drug-likeness (QED) is 0.887. The van der Waals surface area contributed by atoms with Gasteiger partial charge in [-0.25, -0.2) is 0 Å². The topological polar surface area (TPSA) is 76.7 Å². The van der Waals surface area contributed by atoms with Gasteiger partial charge in [-0.15, -0.1) is 0 Å². The van der Waals surface area contributed by atoms with Crippen LogP contribution >= 0.6 is 0 Å². The van der Waals surface area contributed by atoms with E-state index in [4.69, 9.17) is 9.47 Å². The molecule has 1 fully saturated rings. The Morgan fingerprint density at radius 2 is 2.14 bits per heavy atom. The average molecular weight is 304 g/mol. The van der Waals surface area contributed by atoms with E-state index in [1.54, 1.807) is 6.92 Å². The van der Waals surface area contributed by atoms with Crippen molar-refractivity contribution in [1.29, 1.82) is 0 Å². The SMILES string of the molecule is CC1(C(=O)NCc2ccc3c(c2)OCO3)CCCCC(=O)N1.